The molecule has 26 heavy (non-hydrogen) atoms. The van der Waals surface area contributed by atoms with Crippen molar-refractivity contribution in [3.05, 3.63) is 71.3 Å². The molecule has 0 saturated carbocycles. The molecule has 0 aliphatic carbocycles. The van der Waals surface area contributed by atoms with Crippen LogP contribution in [0.1, 0.15) is 16.7 Å². The summed E-state index contributed by atoms with van der Waals surface area (Å²) in [7, 11) is 0. The summed E-state index contributed by atoms with van der Waals surface area (Å²) >= 11 is 16.7. The highest BCUT2D eigenvalue weighted by Crippen LogP contribution is 2.26. The van der Waals surface area contributed by atoms with Crippen LogP contribution in [0, 0.1) is 20.8 Å². The van der Waals surface area contributed by atoms with Gasteiger partial charge in [0.25, 0.3) is 0 Å². The SMILES string of the molecule is Cc1ccc(C)cc1.Cc1ccccc1.FC(Cl)(Cl)Cl.FC(F)(F)Cl.N. The van der Waals surface area contributed by atoms with E-state index in [-0.39, 0.29) is 6.15 Å². The molecule has 0 unspecified atom stereocenters. The van der Waals surface area contributed by atoms with E-state index in [2.05, 4.69) is 104 Å². The minimum atomic E-state index is -4.53. The zero-order valence-electron chi connectivity index (χ0n) is 14.4. The standard InChI is InChI=1S/C8H10.C7H8.CCl3F.CClF3.H3N/c1-7-3-5-8(2)6-4-7;1-7-5-3-2-4-6-7;2*2-1(3,4)5;/h3-6H,1-2H3;2-6H,1H3;;;1H3. The lowest BCUT2D eigenvalue weighted by Gasteiger charge is -1.90. The van der Waals surface area contributed by atoms with Gasteiger partial charge in [-0.05, 0) is 67.2 Å². The Hall–Kier alpha value is -0.720. The number of halogens is 8. The highest BCUT2D eigenvalue weighted by atomic mass is 35.6. The number of rotatable bonds is 0. The van der Waals surface area contributed by atoms with Crippen molar-refractivity contribution in [2.75, 3.05) is 0 Å². The van der Waals surface area contributed by atoms with E-state index in [9.17, 15) is 17.6 Å². The van der Waals surface area contributed by atoms with E-state index >= 15 is 0 Å². The smallest absolute Gasteiger partial charge is 0.344 e. The van der Waals surface area contributed by atoms with Crippen LogP contribution in [0.15, 0.2) is 54.6 Å². The maximum absolute atomic E-state index is 11.0. The summed E-state index contributed by atoms with van der Waals surface area (Å²) in [6, 6.07) is 18.7. The highest BCUT2D eigenvalue weighted by Gasteiger charge is 2.20. The second-order valence-electron chi connectivity index (χ2n) is 4.67. The molecule has 9 heteroatoms. The van der Waals surface area contributed by atoms with Gasteiger partial charge in [-0.3, -0.25) is 0 Å². The summed E-state index contributed by atoms with van der Waals surface area (Å²) in [6.07, 6.45) is 0. The quantitative estimate of drug-likeness (QED) is 0.313. The van der Waals surface area contributed by atoms with Crippen molar-refractivity contribution in [3.8, 4) is 0 Å². The zero-order valence-corrected chi connectivity index (χ0v) is 17.5. The van der Waals surface area contributed by atoms with E-state index < -0.39 is 9.68 Å². The molecule has 0 heterocycles. The third kappa shape index (κ3) is 38.7. The van der Waals surface area contributed by atoms with Crippen molar-refractivity contribution in [2.24, 2.45) is 0 Å². The van der Waals surface area contributed by atoms with Gasteiger partial charge in [0.05, 0.1) is 0 Å². The van der Waals surface area contributed by atoms with Gasteiger partial charge in [0, 0.05) is 0 Å². The highest BCUT2D eigenvalue weighted by molar-refractivity contribution is 6.66. The molecule has 150 valence electrons. The third-order valence-electron chi connectivity index (χ3n) is 2.16. The average Bonchev–Trinajstić information content (AvgIpc) is 2.40. The van der Waals surface area contributed by atoms with Crippen LogP contribution >= 0.6 is 46.4 Å². The van der Waals surface area contributed by atoms with Gasteiger partial charge in [-0.15, -0.1) is 0 Å². The first-order valence-electron chi connectivity index (χ1n) is 6.74. The molecule has 2 rings (SSSR count). The average molecular weight is 457 g/mol. The monoisotopic (exact) mass is 455 g/mol. The molecule has 0 fully saturated rings. The van der Waals surface area contributed by atoms with E-state index in [4.69, 9.17) is 0 Å². The van der Waals surface area contributed by atoms with Gasteiger partial charge in [-0.2, -0.15) is 17.6 Å². The predicted octanol–water partition coefficient (Wildman–Crippen LogP) is 8.49. The Morgan fingerprint density at radius 3 is 0.923 bits per heavy atom. The minimum absolute atomic E-state index is 0. The van der Waals surface area contributed by atoms with E-state index in [1.54, 1.807) is 0 Å². The van der Waals surface area contributed by atoms with Gasteiger partial charge < -0.3 is 6.15 Å². The predicted molar refractivity (Wildman–Crippen MR) is 105 cm³/mol. The Labute approximate surface area is 171 Å². The van der Waals surface area contributed by atoms with Crippen LogP contribution in [-0.4, -0.2) is 9.68 Å². The van der Waals surface area contributed by atoms with Crippen LogP contribution in [0.5, 0.6) is 0 Å². The van der Waals surface area contributed by atoms with Crippen molar-refractivity contribution >= 4 is 46.4 Å². The fraction of sp³-hybridized carbons (Fsp3) is 0.294. The molecular formula is C17H21Cl4F4N. The summed E-state index contributed by atoms with van der Waals surface area (Å²) < 4.78 is 38.8. The maximum atomic E-state index is 11.0. The summed E-state index contributed by atoms with van der Waals surface area (Å²) in [5.74, 6) is 0. The van der Waals surface area contributed by atoms with Crippen molar-refractivity contribution in [3.63, 3.8) is 0 Å². The van der Waals surface area contributed by atoms with E-state index in [0.717, 1.165) is 0 Å². The van der Waals surface area contributed by atoms with Gasteiger partial charge in [-0.1, -0.05) is 71.3 Å². The minimum Gasteiger partial charge on any atom is -0.344 e. The first-order valence-corrected chi connectivity index (χ1v) is 8.26. The second kappa shape index (κ2) is 15.3. The molecule has 0 aliphatic heterocycles. The Balaban J connectivity index is -0.000000275. The Kier molecular flexibility index (Phi) is 17.7. The fourth-order valence-electron chi connectivity index (χ4n) is 1.17. The summed E-state index contributed by atoms with van der Waals surface area (Å²) in [5.41, 5.74) is -0.547. The Morgan fingerprint density at radius 2 is 0.769 bits per heavy atom. The Morgan fingerprint density at radius 1 is 0.577 bits per heavy atom. The van der Waals surface area contributed by atoms with Crippen LogP contribution in [-0.2, 0) is 0 Å². The van der Waals surface area contributed by atoms with Crippen molar-refractivity contribution in [1.29, 1.82) is 0 Å². The lowest BCUT2D eigenvalue weighted by molar-refractivity contribution is -0.0420. The van der Waals surface area contributed by atoms with Crippen molar-refractivity contribution in [1.82, 2.24) is 6.15 Å². The number of aryl methyl sites for hydroxylation is 3. The maximum Gasteiger partial charge on any atom is 0.475 e. The molecule has 0 spiro atoms. The first-order chi connectivity index (χ1) is 11.2. The third-order valence-corrected chi connectivity index (χ3v) is 2.16. The first kappa shape index (κ1) is 30.0. The molecule has 0 radical (unpaired) electrons. The van der Waals surface area contributed by atoms with E-state index in [1.807, 2.05) is 18.2 Å². The molecule has 1 nitrogen and oxygen atoms in total. The largest absolute Gasteiger partial charge is 0.475 e. The zero-order chi connectivity index (χ0) is 20.1. The van der Waals surface area contributed by atoms with Gasteiger partial charge in [0.1, 0.15) is 0 Å². The molecule has 0 saturated heterocycles. The van der Waals surface area contributed by atoms with Gasteiger partial charge >= 0.3 is 9.68 Å². The van der Waals surface area contributed by atoms with Gasteiger partial charge in [0.15, 0.2) is 0 Å². The number of alkyl halides is 8. The van der Waals surface area contributed by atoms with Crippen LogP contribution in [0.3, 0.4) is 0 Å². The molecule has 0 atom stereocenters. The summed E-state index contributed by atoms with van der Waals surface area (Å²) in [5, 5.41) is 0. The number of hydrogen-bond donors (Lipinski definition) is 1. The number of benzene rings is 2. The van der Waals surface area contributed by atoms with Crippen LogP contribution in [0.25, 0.3) is 0 Å². The van der Waals surface area contributed by atoms with Crippen LogP contribution in [0.4, 0.5) is 17.6 Å². The summed E-state index contributed by atoms with van der Waals surface area (Å²) in [4.78, 5) is 0. The van der Waals surface area contributed by atoms with Crippen LogP contribution < -0.4 is 6.15 Å². The van der Waals surface area contributed by atoms with Crippen molar-refractivity contribution in [2.45, 2.75) is 30.5 Å². The lowest BCUT2D eigenvalue weighted by Crippen LogP contribution is -1.89. The molecule has 2 aromatic rings. The molecular weight excluding hydrogens is 436 g/mol. The Bertz CT molecular complexity index is 511. The van der Waals surface area contributed by atoms with E-state index in [1.165, 1.54) is 16.7 Å². The molecule has 0 amide bonds. The van der Waals surface area contributed by atoms with Crippen molar-refractivity contribution < 1.29 is 17.6 Å². The molecule has 3 N–H and O–H groups in total. The topological polar surface area (TPSA) is 35.0 Å². The van der Waals surface area contributed by atoms with Gasteiger partial charge in [-0.25, -0.2) is 0 Å². The molecule has 0 bridgehead atoms. The molecule has 0 aromatic heterocycles. The molecule has 2 aromatic carbocycles. The van der Waals surface area contributed by atoms with E-state index in [0.29, 0.717) is 0 Å². The van der Waals surface area contributed by atoms with Crippen LogP contribution in [0.2, 0.25) is 0 Å². The second-order valence-corrected chi connectivity index (χ2v) is 7.24. The van der Waals surface area contributed by atoms with Gasteiger partial charge in [0.2, 0.25) is 0 Å². The normalized spacial score (nSPS) is 9.81. The number of hydrogen-bond acceptors (Lipinski definition) is 1. The molecule has 0 aliphatic rings. The fourth-order valence-corrected chi connectivity index (χ4v) is 1.17. The lowest BCUT2D eigenvalue weighted by atomic mass is 10.2. The summed E-state index contributed by atoms with van der Waals surface area (Å²) in [6.45, 7) is 6.28.